The molecule has 0 aromatic rings. The van der Waals surface area contributed by atoms with Gasteiger partial charge < -0.3 is 10.1 Å². The summed E-state index contributed by atoms with van der Waals surface area (Å²) in [6.07, 6.45) is 0. The molecule has 2 rings (SSSR count). The molecular weight excluding hydrogens is 164 g/mol. The van der Waals surface area contributed by atoms with E-state index in [2.05, 4.69) is 24.1 Å². The van der Waals surface area contributed by atoms with Gasteiger partial charge in [-0.3, -0.25) is 4.90 Å². The Bertz CT molecular complexity index is 150. The van der Waals surface area contributed by atoms with Crippen LogP contribution in [-0.4, -0.2) is 49.8 Å². The van der Waals surface area contributed by atoms with Gasteiger partial charge in [0.2, 0.25) is 0 Å². The van der Waals surface area contributed by atoms with Crippen molar-refractivity contribution in [1.82, 2.24) is 10.2 Å². The van der Waals surface area contributed by atoms with Crippen LogP contribution in [0.25, 0.3) is 0 Å². The minimum Gasteiger partial charge on any atom is -0.378 e. The molecule has 0 aliphatic carbocycles. The molecule has 0 saturated carbocycles. The van der Waals surface area contributed by atoms with Gasteiger partial charge in [-0.15, -0.1) is 0 Å². The number of nitrogens with one attached hydrogen (secondary N) is 1. The number of hydrogen-bond donors (Lipinski definition) is 1. The lowest BCUT2D eigenvalue weighted by Gasteiger charge is -2.46. The Balaban J connectivity index is 1.98. The van der Waals surface area contributed by atoms with Gasteiger partial charge in [0.25, 0.3) is 0 Å². The van der Waals surface area contributed by atoms with Crippen LogP contribution in [0.5, 0.6) is 0 Å². The van der Waals surface area contributed by atoms with Crippen molar-refractivity contribution in [2.45, 2.75) is 25.9 Å². The topological polar surface area (TPSA) is 24.5 Å². The molecule has 0 radical (unpaired) electrons. The summed E-state index contributed by atoms with van der Waals surface area (Å²) in [5.41, 5.74) is 0. The Labute approximate surface area is 80.4 Å². The van der Waals surface area contributed by atoms with E-state index in [1.165, 1.54) is 6.54 Å². The lowest BCUT2D eigenvalue weighted by molar-refractivity contribution is -0.0688. The second-order valence-corrected chi connectivity index (χ2v) is 4.59. The molecule has 0 aromatic carbocycles. The van der Waals surface area contributed by atoms with Crippen molar-refractivity contribution in [1.29, 1.82) is 0 Å². The fourth-order valence-electron chi connectivity index (χ4n) is 2.32. The summed E-state index contributed by atoms with van der Waals surface area (Å²) in [6, 6.07) is 1.24. The first kappa shape index (κ1) is 9.44. The molecule has 76 valence electrons. The van der Waals surface area contributed by atoms with E-state index < -0.39 is 0 Å². The highest BCUT2D eigenvalue weighted by Gasteiger charge is 2.34. The molecule has 2 heterocycles. The summed E-state index contributed by atoms with van der Waals surface area (Å²) in [6.45, 7) is 9.83. The van der Waals surface area contributed by atoms with Gasteiger partial charge >= 0.3 is 0 Å². The molecule has 0 unspecified atom stereocenters. The van der Waals surface area contributed by atoms with Crippen LogP contribution in [0.4, 0.5) is 0 Å². The van der Waals surface area contributed by atoms with Gasteiger partial charge in [-0.1, -0.05) is 13.8 Å². The van der Waals surface area contributed by atoms with E-state index in [1.807, 2.05) is 0 Å². The van der Waals surface area contributed by atoms with Crippen molar-refractivity contribution < 1.29 is 4.74 Å². The van der Waals surface area contributed by atoms with E-state index in [4.69, 9.17) is 4.74 Å². The SMILES string of the molecule is CC(C)CN1[C@H]2CNC[C@H]1COC2. The minimum absolute atomic E-state index is 0.620. The van der Waals surface area contributed by atoms with Crippen LogP contribution < -0.4 is 5.32 Å². The normalized spacial score (nSPS) is 35.3. The van der Waals surface area contributed by atoms with Crippen LogP contribution in [0, 0.1) is 5.92 Å². The molecule has 3 nitrogen and oxygen atoms in total. The Hall–Kier alpha value is -0.120. The van der Waals surface area contributed by atoms with Gasteiger partial charge in [-0.05, 0) is 5.92 Å². The molecule has 0 aromatic heterocycles. The number of hydrogen-bond acceptors (Lipinski definition) is 3. The molecule has 2 saturated heterocycles. The highest BCUT2D eigenvalue weighted by atomic mass is 16.5. The second kappa shape index (κ2) is 3.95. The zero-order chi connectivity index (χ0) is 9.26. The number of morpholine rings is 1. The third-order valence-corrected chi connectivity index (χ3v) is 2.89. The smallest absolute Gasteiger partial charge is 0.0635 e. The van der Waals surface area contributed by atoms with Gasteiger partial charge in [0.15, 0.2) is 0 Å². The van der Waals surface area contributed by atoms with Crippen molar-refractivity contribution in [2.75, 3.05) is 32.8 Å². The lowest BCUT2D eigenvalue weighted by Crippen LogP contribution is -2.64. The van der Waals surface area contributed by atoms with Crippen molar-refractivity contribution in [3.8, 4) is 0 Å². The molecule has 2 aliphatic rings. The monoisotopic (exact) mass is 184 g/mol. The third-order valence-electron chi connectivity index (χ3n) is 2.89. The van der Waals surface area contributed by atoms with E-state index in [0.29, 0.717) is 12.1 Å². The van der Waals surface area contributed by atoms with E-state index in [0.717, 1.165) is 32.2 Å². The molecule has 0 amide bonds. The molecular formula is C10H20N2O. The number of piperazine rings is 1. The average Bonchev–Trinajstić information content (AvgIpc) is 2.02. The van der Waals surface area contributed by atoms with Crippen LogP contribution >= 0.6 is 0 Å². The molecule has 1 N–H and O–H groups in total. The summed E-state index contributed by atoms with van der Waals surface area (Å²) in [5.74, 6) is 0.765. The largest absolute Gasteiger partial charge is 0.378 e. The summed E-state index contributed by atoms with van der Waals surface area (Å²) in [7, 11) is 0. The van der Waals surface area contributed by atoms with Gasteiger partial charge in [0.05, 0.1) is 13.2 Å². The fraction of sp³-hybridized carbons (Fsp3) is 1.00. The van der Waals surface area contributed by atoms with E-state index in [1.54, 1.807) is 0 Å². The summed E-state index contributed by atoms with van der Waals surface area (Å²) in [5, 5.41) is 3.47. The van der Waals surface area contributed by atoms with Gasteiger partial charge in [0.1, 0.15) is 0 Å². The molecule has 0 spiro atoms. The number of fused-ring (bicyclic) bond motifs is 2. The zero-order valence-electron chi connectivity index (χ0n) is 8.62. The molecule has 3 heteroatoms. The first-order valence-corrected chi connectivity index (χ1v) is 5.31. The van der Waals surface area contributed by atoms with Crippen molar-refractivity contribution in [3.63, 3.8) is 0 Å². The van der Waals surface area contributed by atoms with E-state index >= 15 is 0 Å². The summed E-state index contributed by atoms with van der Waals surface area (Å²) < 4.78 is 5.57. The van der Waals surface area contributed by atoms with E-state index in [-0.39, 0.29) is 0 Å². The quantitative estimate of drug-likeness (QED) is 0.668. The molecule has 2 bridgehead atoms. The van der Waals surface area contributed by atoms with Gasteiger partial charge in [-0.2, -0.15) is 0 Å². The highest BCUT2D eigenvalue weighted by Crippen LogP contribution is 2.17. The highest BCUT2D eigenvalue weighted by molar-refractivity contribution is 4.90. The van der Waals surface area contributed by atoms with Crippen LogP contribution in [0.2, 0.25) is 0 Å². The third kappa shape index (κ3) is 2.03. The van der Waals surface area contributed by atoms with Crippen LogP contribution in [0.15, 0.2) is 0 Å². The Morgan fingerprint density at radius 1 is 1.31 bits per heavy atom. The zero-order valence-corrected chi connectivity index (χ0v) is 8.62. The second-order valence-electron chi connectivity index (χ2n) is 4.59. The number of rotatable bonds is 2. The average molecular weight is 184 g/mol. The van der Waals surface area contributed by atoms with Gasteiger partial charge in [-0.25, -0.2) is 0 Å². The Kier molecular flexibility index (Phi) is 2.86. The van der Waals surface area contributed by atoms with Crippen molar-refractivity contribution in [3.05, 3.63) is 0 Å². The predicted molar refractivity (Wildman–Crippen MR) is 52.8 cm³/mol. The fourth-order valence-corrected chi connectivity index (χ4v) is 2.32. The molecule has 13 heavy (non-hydrogen) atoms. The molecule has 2 aliphatic heterocycles. The van der Waals surface area contributed by atoms with Crippen LogP contribution in [0.1, 0.15) is 13.8 Å². The molecule has 2 atom stereocenters. The van der Waals surface area contributed by atoms with E-state index in [9.17, 15) is 0 Å². The van der Waals surface area contributed by atoms with Crippen molar-refractivity contribution in [2.24, 2.45) is 5.92 Å². The molecule has 2 fully saturated rings. The maximum atomic E-state index is 5.57. The summed E-state index contributed by atoms with van der Waals surface area (Å²) in [4.78, 5) is 2.63. The number of ether oxygens (including phenoxy) is 1. The Morgan fingerprint density at radius 2 is 1.92 bits per heavy atom. The van der Waals surface area contributed by atoms with Crippen LogP contribution in [0.3, 0.4) is 0 Å². The first-order chi connectivity index (χ1) is 6.27. The predicted octanol–water partition coefficient (Wildman–Crippen LogP) is 0.315. The standard InChI is InChI=1S/C10H20N2O/c1-8(2)5-12-9-3-11-4-10(12)7-13-6-9/h8-11H,3-7H2,1-2H3/t9-,10-/m0/s1. The summed E-state index contributed by atoms with van der Waals surface area (Å²) >= 11 is 0. The maximum absolute atomic E-state index is 5.57. The van der Waals surface area contributed by atoms with Gasteiger partial charge in [0, 0.05) is 31.7 Å². The lowest BCUT2D eigenvalue weighted by atomic mass is 10.0. The maximum Gasteiger partial charge on any atom is 0.0635 e. The minimum atomic E-state index is 0.620. The van der Waals surface area contributed by atoms with Crippen molar-refractivity contribution >= 4 is 0 Å². The van der Waals surface area contributed by atoms with Crippen LogP contribution in [-0.2, 0) is 4.74 Å². The first-order valence-electron chi connectivity index (χ1n) is 5.31. The number of nitrogens with zero attached hydrogens (tertiary/aromatic N) is 1. The Morgan fingerprint density at radius 3 is 2.46 bits per heavy atom.